The molecule has 1 atom stereocenters. The molecule has 176 valence electrons. The van der Waals surface area contributed by atoms with Crippen molar-refractivity contribution < 1.29 is 9.47 Å². The molecule has 36 heavy (non-hydrogen) atoms. The Morgan fingerprint density at radius 1 is 1.19 bits per heavy atom. The van der Waals surface area contributed by atoms with Gasteiger partial charge in [-0.2, -0.15) is 0 Å². The molecule has 5 aromatic rings. The van der Waals surface area contributed by atoms with Crippen molar-refractivity contribution in [3.8, 4) is 17.1 Å². The Labute approximate surface area is 211 Å². The second kappa shape index (κ2) is 8.19. The first kappa shape index (κ1) is 21.1. The standard InChI is InChI=1S/C27H19ClN6O2/c1-35-14-24-31-32-26-20-11-17(28)9-10-22(20)34-15-29-25(23(34)12-33(24)26)27-30-21(13-36-27)19-8-4-6-16-5-2-3-7-18(16)19/h3-4,6-11,15,21H,12-14H2,1H3/t21-/m1/s1. The van der Waals surface area contributed by atoms with Crippen molar-refractivity contribution in [2.24, 2.45) is 4.99 Å². The van der Waals surface area contributed by atoms with E-state index >= 15 is 0 Å². The molecule has 2 aliphatic heterocycles. The number of nitrogens with zero attached hydrogens (tertiary/aromatic N) is 6. The molecule has 0 radical (unpaired) electrons. The SMILES string of the molecule is COCc1nnc2n1Cc1c(C3=N[C@@H](c4cccc5c#cccc45)CO3)ncn1-c1ccc(Cl)cc1-2. The number of benzene rings is 2. The third-order valence-electron chi connectivity index (χ3n) is 6.63. The number of aliphatic imine (C=N–C) groups is 1. The Morgan fingerprint density at radius 2 is 2.14 bits per heavy atom. The van der Waals surface area contributed by atoms with Gasteiger partial charge in [0.05, 0.1) is 17.9 Å². The zero-order valence-corrected chi connectivity index (χ0v) is 20.0. The van der Waals surface area contributed by atoms with Gasteiger partial charge in [-0.25, -0.2) is 9.98 Å². The van der Waals surface area contributed by atoms with E-state index in [0.29, 0.717) is 36.4 Å². The van der Waals surface area contributed by atoms with Crippen molar-refractivity contribution in [3.63, 3.8) is 0 Å². The molecule has 0 bridgehead atoms. The Morgan fingerprint density at radius 3 is 3.06 bits per heavy atom. The maximum absolute atomic E-state index is 6.37. The van der Waals surface area contributed by atoms with Gasteiger partial charge in [-0.3, -0.25) is 4.57 Å². The molecule has 0 N–H and O–H groups in total. The quantitative estimate of drug-likeness (QED) is 0.359. The van der Waals surface area contributed by atoms with Crippen LogP contribution >= 0.6 is 11.6 Å². The highest BCUT2D eigenvalue weighted by molar-refractivity contribution is 6.31. The summed E-state index contributed by atoms with van der Waals surface area (Å²) in [6, 6.07) is 21.8. The molecule has 0 spiro atoms. The van der Waals surface area contributed by atoms with E-state index in [4.69, 9.17) is 31.1 Å². The summed E-state index contributed by atoms with van der Waals surface area (Å²) in [5, 5.41) is 11.6. The molecular formula is C27H19ClN6O2. The van der Waals surface area contributed by atoms with Gasteiger partial charge in [0.1, 0.15) is 31.3 Å². The summed E-state index contributed by atoms with van der Waals surface area (Å²) in [6.07, 6.45) is 1.80. The lowest BCUT2D eigenvalue weighted by Crippen LogP contribution is -2.13. The minimum atomic E-state index is -0.136. The van der Waals surface area contributed by atoms with Gasteiger partial charge in [0, 0.05) is 23.1 Å². The van der Waals surface area contributed by atoms with Crippen LogP contribution in [0.25, 0.3) is 27.8 Å². The van der Waals surface area contributed by atoms with Crippen LogP contribution in [-0.4, -0.2) is 43.9 Å². The lowest BCUT2D eigenvalue weighted by atomic mass is 10.0. The second-order valence-electron chi connectivity index (χ2n) is 8.70. The number of methoxy groups -OCH3 is 1. The fraction of sp³-hybridized carbons (Fsp3) is 0.185. The average molecular weight is 495 g/mol. The monoisotopic (exact) mass is 494 g/mol. The average Bonchev–Trinajstić information content (AvgIpc) is 3.62. The van der Waals surface area contributed by atoms with Crippen molar-refractivity contribution in [2.75, 3.05) is 13.7 Å². The van der Waals surface area contributed by atoms with Crippen LogP contribution in [0.4, 0.5) is 0 Å². The molecule has 0 fully saturated rings. The normalized spacial score (nSPS) is 15.9. The number of fused-ring (bicyclic) bond motifs is 6. The van der Waals surface area contributed by atoms with Crippen LogP contribution in [0, 0.1) is 12.1 Å². The number of rotatable bonds is 4. The predicted octanol–water partition coefficient (Wildman–Crippen LogP) is 4.56. The van der Waals surface area contributed by atoms with Crippen molar-refractivity contribution in [1.82, 2.24) is 24.3 Å². The van der Waals surface area contributed by atoms with Gasteiger partial charge in [0.2, 0.25) is 5.90 Å². The molecule has 3 aromatic carbocycles. The van der Waals surface area contributed by atoms with Crippen molar-refractivity contribution in [1.29, 1.82) is 0 Å². The molecule has 8 nitrogen and oxygen atoms in total. The van der Waals surface area contributed by atoms with Crippen molar-refractivity contribution in [3.05, 3.63) is 94.8 Å². The van der Waals surface area contributed by atoms with Crippen LogP contribution < -0.4 is 0 Å². The first-order chi connectivity index (χ1) is 17.7. The lowest BCUT2D eigenvalue weighted by Gasteiger charge is -2.09. The van der Waals surface area contributed by atoms with E-state index < -0.39 is 0 Å². The van der Waals surface area contributed by atoms with E-state index in [-0.39, 0.29) is 6.04 Å². The first-order valence-corrected chi connectivity index (χ1v) is 11.9. The van der Waals surface area contributed by atoms with Crippen LogP contribution in [-0.2, 0) is 22.6 Å². The Kier molecular flexibility index (Phi) is 4.81. The summed E-state index contributed by atoms with van der Waals surface area (Å²) >= 11 is 6.37. The van der Waals surface area contributed by atoms with Gasteiger partial charge in [-0.1, -0.05) is 35.9 Å². The van der Waals surface area contributed by atoms with Gasteiger partial charge in [0.25, 0.3) is 0 Å². The molecule has 2 aliphatic rings. The highest BCUT2D eigenvalue weighted by atomic mass is 35.5. The summed E-state index contributed by atoms with van der Waals surface area (Å²) in [7, 11) is 1.64. The summed E-state index contributed by atoms with van der Waals surface area (Å²) in [4.78, 5) is 9.71. The molecule has 7 rings (SSSR count). The van der Waals surface area contributed by atoms with E-state index in [1.807, 2.05) is 51.6 Å². The predicted molar refractivity (Wildman–Crippen MR) is 134 cm³/mol. The number of hydrogen-bond acceptors (Lipinski definition) is 6. The number of hydrogen-bond donors (Lipinski definition) is 0. The first-order valence-electron chi connectivity index (χ1n) is 11.5. The molecule has 2 aromatic heterocycles. The molecule has 0 saturated heterocycles. The molecule has 0 aliphatic carbocycles. The van der Waals surface area contributed by atoms with Gasteiger partial charge in [0.15, 0.2) is 11.6 Å². The van der Waals surface area contributed by atoms with Gasteiger partial charge >= 0.3 is 0 Å². The molecule has 0 amide bonds. The number of aromatic nitrogens is 5. The van der Waals surface area contributed by atoms with Crippen LogP contribution in [0.1, 0.15) is 28.8 Å². The van der Waals surface area contributed by atoms with E-state index in [9.17, 15) is 0 Å². The van der Waals surface area contributed by atoms with E-state index in [0.717, 1.165) is 44.9 Å². The van der Waals surface area contributed by atoms with E-state index in [1.165, 1.54) is 0 Å². The molecule has 9 heteroatoms. The zero-order chi connectivity index (χ0) is 24.2. The van der Waals surface area contributed by atoms with Crippen LogP contribution in [0.2, 0.25) is 5.02 Å². The van der Waals surface area contributed by atoms with Crippen molar-refractivity contribution in [2.45, 2.75) is 19.2 Å². The second-order valence-corrected chi connectivity index (χ2v) is 9.14. The molecule has 4 heterocycles. The van der Waals surface area contributed by atoms with Gasteiger partial charge in [-0.05, 0) is 47.3 Å². The number of imidazole rings is 1. The van der Waals surface area contributed by atoms with Crippen molar-refractivity contribution >= 4 is 28.3 Å². The lowest BCUT2D eigenvalue weighted by molar-refractivity contribution is 0.174. The van der Waals surface area contributed by atoms with Gasteiger partial charge in [-0.15, -0.1) is 10.2 Å². The Hall–Kier alpha value is -4.19. The fourth-order valence-electron chi connectivity index (χ4n) is 4.97. The number of ether oxygens (including phenoxy) is 2. The third-order valence-corrected chi connectivity index (χ3v) is 6.86. The molecular weight excluding hydrogens is 476 g/mol. The van der Waals surface area contributed by atoms with Crippen LogP contribution in [0.15, 0.2) is 59.9 Å². The minimum Gasteiger partial charge on any atom is -0.474 e. The van der Waals surface area contributed by atoms with Crippen LogP contribution in [0.5, 0.6) is 0 Å². The zero-order valence-electron chi connectivity index (χ0n) is 19.3. The summed E-state index contributed by atoms with van der Waals surface area (Å²) < 4.78 is 15.6. The van der Waals surface area contributed by atoms with Gasteiger partial charge < -0.3 is 14.0 Å². The topological polar surface area (TPSA) is 79.3 Å². The summed E-state index contributed by atoms with van der Waals surface area (Å²) in [5.41, 5.74) is 4.51. The summed E-state index contributed by atoms with van der Waals surface area (Å²) in [6.45, 7) is 1.26. The highest BCUT2D eigenvalue weighted by Crippen LogP contribution is 2.36. The smallest absolute Gasteiger partial charge is 0.238 e. The Balaban J connectivity index is 1.36. The third kappa shape index (κ3) is 3.21. The largest absolute Gasteiger partial charge is 0.474 e. The maximum atomic E-state index is 6.37. The van der Waals surface area contributed by atoms with E-state index in [2.05, 4.69) is 28.4 Å². The minimum absolute atomic E-state index is 0.136. The maximum Gasteiger partial charge on any atom is 0.238 e. The fourth-order valence-corrected chi connectivity index (χ4v) is 5.14. The summed E-state index contributed by atoms with van der Waals surface area (Å²) in [5.74, 6) is 1.97. The van der Waals surface area contributed by atoms with E-state index in [1.54, 1.807) is 13.4 Å². The molecule has 0 unspecified atom stereocenters. The molecule has 0 saturated carbocycles. The number of halogens is 1. The Bertz CT molecular complexity index is 1670. The van der Waals surface area contributed by atoms with Crippen LogP contribution in [0.3, 0.4) is 0 Å². The highest BCUT2D eigenvalue weighted by Gasteiger charge is 2.31.